The van der Waals surface area contributed by atoms with E-state index in [1.165, 1.54) is 0 Å². The van der Waals surface area contributed by atoms with Gasteiger partial charge in [-0.25, -0.2) is 4.98 Å². The smallest absolute Gasteiger partial charge is 0.268 e. The van der Waals surface area contributed by atoms with Crippen molar-refractivity contribution in [3.63, 3.8) is 0 Å². The topological polar surface area (TPSA) is 35.9 Å². The third-order valence-corrected chi connectivity index (χ3v) is 11.5. The summed E-state index contributed by atoms with van der Waals surface area (Å²) >= 11 is 0. The van der Waals surface area contributed by atoms with Crippen LogP contribution in [0.1, 0.15) is 44.2 Å². The van der Waals surface area contributed by atoms with Crippen LogP contribution in [0.4, 0.5) is 0 Å². The van der Waals surface area contributed by atoms with Gasteiger partial charge in [-0.3, -0.25) is 4.57 Å². The molecule has 0 bridgehead atoms. The van der Waals surface area contributed by atoms with Crippen LogP contribution in [0.3, 0.4) is 0 Å². The largest absolute Gasteiger partial charge is 0.510 e. The molecule has 0 aliphatic carbocycles. The van der Waals surface area contributed by atoms with Crippen molar-refractivity contribution in [2.45, 2.75) is 26.2 Å². The second kappa shape index (κ2) is 15.5. The number of fused-ring (bicyclic) bond motifs is 10. The minimum absolute atomic E-state index is 0. The second-order valence-corrected chi connectivity index (χ2v) is 16.2. The van der Waals surface area contributed by atoms with E-state index in [9.17, 15) is 8.22 Å². The van der Waals surface area contributed by atoms with Gasteiger partial charge in [-0.15, -0.1) is 29.7 Å². The van der Waals surface area contributed by atoms with Crippen LogP contribution in [0.15, 0.2) is 188 Å². The molecule has 11 aromatic rings. The molecule has 64 heavy (non-hydrogen) atoms. The van der Waals surface area contributed by atoms with Crippen molar-refractivity contribution in [3.05, 3.63) is 212 Å². The summed E-state index contributed by atoms with van der Waals surface area (Å²) in [5.41, 5.74) is 3.34. The van der Waals surface area contributed by atoms with Gasteiger partial charge < -0.3 is 13.9 Å². The molecule has 6 heteroatoms. The Kier molecular flexibility index (Phi) is 6.69. The van der Waals surface area contributed by atoms with E-state index in [1.54, 1.807) is 63.7 Å². The van der Waals surface area contributed by atoms with E-state index >= 15 is 0 Å². The summed E-state index contributed by atoms with van der Waals surface area (Å²) in [6, 6.07) is 30.3. The second-order valence-electron chi connectivity index (χ2n) is 16.2. The van der Waals surface area contributed by atoms with Gasteiger partial charge in [-0.1, -0.05) is 159 Å². The van der Waals surface area contributed by atoms with Crippen LogP contribution in [-0.4, -0.2) is 14.1 Å². The van der Waals surface area contributed by atoms with Gasteiger partial charge in [0.05, 0.1) is 34.5 Å². The fourth-order valence-corrected chi connectivity index (χ4v) is 8.60. The van der Waals surface area contributed by atoms with E-state index in [1.807, 2.05) is 42.6 Å². The molecule has 5 nitrogen and oxygen atoms in total. The van der Waals surface area contributed by atoms with Crippen LogP contribution in [0.25, 0.3) is 94.5 Å². The maximum absolute atomic E-state index is 9.53. The van der Waals surface area contributed by atoms with Gasteiger partial charge in [-0.2, -0.15) is 18.2 Å². The van der Waals surface area contributed by atoms with Crippen molar-refractivity contribution in [2.75, 3.05) is 0 Å². The molecular formula is C58H40N4OPt-2. The van der Waals surface area contributed by atoms with Crippen LogP contribution < -0.4 is 9.30 Å². The Morgan fingerprint density at radius 1 is 0.594 bits per heavy atom. The zero-order chi connectivity index (χ0) is 53.5. The first-order chi connectivity index (χ1) is 36.3. The first-order valence-electron chi connectivity index (χ1n) is 26.8. The number of hydrogen-bond donors (Lipinski definition) is 0. The van der Waals surface area contributed by atoms with E-state index in [4.69, 9.17) is 19.3 Å². The molecule has 8 aromatic carbocycles. The fourth-order valence-electron chi connectivity index (χ4n) is 8.60. The maximum Gasteiger partial charge on any atom is 0.268 e. The van der Waals surface area contributed by atoms with E-state index in [2.05, 4.69) is 55.9 Å². The Bertz CT molecular complexity index is 4350. The number of hydrogen-bond acceptors (Lipinski definition) is 2. The van der Waals surface area contributed by atoms with Crippen LogP contribution >= 0.6 is 0 Å². The fraction of sp³-hybridized carbons (Fsp3) is 0.0690. The molecule has 0 unspecified atom stereocenters. The molecular weight excluding hydrogens is 964 g/mol. The van der Waals surface area contributed by atoms with E-state index in [-0.39, 0.29) is 87.9 Å². The van der Waals surface area contributed by atoms with Crippen LogP contribution in [0, 0.1) is 18.5 Å². The summed E-state index contributed by atoms with van der Waals surface area (Å²) in [4.78, 5) is 4.80. The molecule has 1 aliphatic rings. The number of benzene rings is 8. The molecule has 0 fully saturated rings. The summed E-state index contributed by atoms with van der Waals surface area (Å²) in [5.74, 6) is 1.39. The van der Waals surface area contributed by atoms with Crippen LogP contribution in [0.2, 0.25) is 0 Å². The average molecular weight is 1020 g/mol. The number of rotatable bonds is 5. The predicted octanol–water partition coefficient (Wildman–Crippen LogP) is 13.9. The summed E-state index contributed by atoms with van der Waals surface area (Å²) in [6.07, 6.45) is 5.24. The predicted molar refractivity (Wildman–Crippen MR) is 254 cm³/mol. The Morgan fingerprint density at radius 2 is 1.23 bits per heavy atom. The molecule has 4 heterocycles. The monoisotopic (exact) mass is 1020 g/mol. The Hall–Kier alpha value is -7.33. The van der Waals surface area contributed by atoms with Gasteiger partial charge >= 0.3 is 0 Å². The Balaban J connectivity index is 0.00000631. The summed E-state index contributed by atoms with van der Waals surface area (Å²) < 4.78 is 130. The normalized spacial score (nSPS) is 14.7. The molecule has 0 amide bonds. The molecule has 0 saturated heterocycles. The van der Waals surface area contributed by atoms with E-state index in [0.29, 0.717) is 17.0 Å². The SMILES string of the molecule is [2H]c1c([2H])c([2H])c(-c2cccc3c2-[n+]2[c-]n(-c4[c-]c(Oc5[c-]c6c(cc5)c5ccccc5n6-c5cc(C(C)(C)C)ccn5)ccc4)c4cccc(c42)-c2c([2H])c([2H])c([2H])c([2H])c2-c2c([2H])c([2H])c([2H])c([2H])c2-3)c([2H])c1[2H].[Pt]. The van der Waals surface area contributed by atoms with Crippen molar-refractivity contribution in [3.8, 4) is 73.2 Å². The van der Waals surface area contributed by atoms with Crippen molar-refractivity contribution in [2.24, 2.45) is 0 Å². The van der Waals surface area contributed by atoms with Gasteiger partial charge in [0, 0.05) is 44.3 Å². The molecule has 0 saturated carbocycles. The molecule has 0 N–H and O–H groups in total. The number of pyridine rings is 1. The summed E-state index contributed by atoms with van der Waals surface area (Å²) in [6.45, 7) is 6.46. The maximum atomic E-state index is 9.53. The molecule has 310 valence electrons. The number of ether oxygens (including phenoxy) is 1. The van der Waals surface area contributed by atoms with Crippen molar-refractivity contribution in [1.29, 1.82) is 0 Å². The van der Waals surface area contributed by atoms with Crippen molar-refractivity contribution >= 4 is 32.8 Å². The molecule has 0 radical (unpaired) electrons. The van der Waals surface area contributed by atoms with Gasteiger partial charge in [0.25, 0.3) is 6.33 Å². The summed E-state index contributed by atoms with van der Waals surface area (Å²) in [5, 5.41) is 1.95. The minimum Gasteiger partial charge on any atom is -0.510 e. The summed E-state index contributed by atoms with van der Waals surface area (Å²) in [7, 11) is 0. The number of para-hydroxylation sites is 3. The standard InChI is InChI=1S/C58H40N4O.Pt/c1-58(2,3)39-32-33-59-55(34-39)62-52-28-12-11-24-48(52)49-31-30-42(36-54(49)62)63-41-19-13-18-40(35-41)60-37-61-56-43(38-16-5-4-6-17-38)25-14-26-50(56)46-22-9-7-20-44(46)45-21-8-10-23-47(45)51-27-15-29-53(60)57(51)61;/h4-34H,1-3H3;/q-2;/i4D,5D,6D,7D,8D,9D,10D,16D,17D,20D,21D,22D,23D;. The quantitative estimate of drug-likeness (QED) is 0.127. The van der Waals surface area contributed by atoms with E-state index < -0.39 is 78.6 Å². The third kappa shape index (κ3) is 6.42. The van der Waals surface area contributed by atoms with Crippen LogP contribution in [-0.2, 0) is 26.5 Å². The zero-order valence-corrected chi connectivity index (χ0v) is 36.7. The molecule has 0 atom stereocenters. The van der Waals surface area contributed by atoms with Crippen LogP contribution in [0.5, 0.6) is 11.5 Å². The molecule has 3 aromatic heterocycles. The Labute approximate surface area is 405 Å². The van der Waals surface area contributed by atoms with Gasteiger partial charge in [0.15, 0.2) is 0 Å². The molecule has 1 aliphatic heterocycles. The number of aromatic nitrogens is 4. The number of imidazole rings is 1. The van der Waals surface area contributed by atoms with E-state index in [0.717, 1.165) is 33.2 Å². The third-order valence-electron chi connectivity index (χ3n) is 11.5. The van der Waals surface area contributed by atoms with Gasteiger partial charge in [-0.05, 0) is 84.8 Å². The molecule has 0 spiro atoms. The first kappa shape index (κ1) is 27.7. The van der Waals surface area contributed by atoms with Crippen molar-refractivity contribution < 1.29 is 48.2 Å². The Morgan fingerprint density at radius 3 is 2.02 bits per heavy atom. The minimum atomic E-state index is -0.646. The zero-order valence-electron chi connectivity index (χ0n) is 47.4. The van der Waals surface area contributed by atoms with Crippen molar-refractivity contribution in [1.82, 2.24) is 14.1 Å². The van der Waals surface area contributed by atoms with Gasteiger partial charge in [0.2, 0.25) is 0 Å². The van der Waals surface area contributed by atoms with Gasteiger partial charge in [0.1, 0.15) is 5.82 Å². The average Bonchev–Trinajstić information content (AvgIpc) is 4.21. The number of nitrogens with zero attached hydrogens (tertiary/aromatic N) is 4. The molecule has 12 rings (SSSR count). The first-order valence-corrected chi connectivity index (χ1v) is 20.3.